The number of nitrogens with zero attached hydrogens (tertiary/aromatic N) is 2. The van der Waals surface area contributed by atoms with Crippen LogP contribution in [0.4, 0.5) is 0 Å². The molecule has 2 heterocycles. The Morgan fingerprint density at radius 2 is 1.87 bits per heavy atom. The Morgan fingerprint density at radius 1 is 1.16 bits per heavy atom. The van der Waals surface area contributed by atoms with Crippen molar-refractivity contribution in [3.05, 3.63) is 58.9 Å². The number of carbonyl (C=O) groups excluding carboxylic acids is 1. The minimum absolute atomic E-state index is 0.127. The molecule has 0 unspecified atom stereocenters. The van der Waals surface area contributed by atoms with E-state index in [9.17, 15) is 9.59 Å². The largest absolute Gasteiger partial charge is 0.495 e. The van der Waals surface area contributed by atoms with Crippen molar-refractivity contribution in [1.82, 2.24) is 19.9 Å². The molecule has 1 amide bonds. The van der Waals surface area contributed by atoms with Gasteiger partial charge in [-0.05, 0) is 39.0 Å². The van der Waals surface area contributed by atoms with Gasteiger partial charge in [0, 0.05) is 16.4 Å². The van der Waals surface area contributed by atoms with Crippen LogP contribution in [0.3, 0.4) is 0 Å². The Balaban J connectivity index is 1.90. The van der Waals surface area contributed by atoms with Crippen molar-refractivity contribution in [1.29, 1.82) is 0 Å². The minimum atomic E-state index is -0.339. The maximum atomic E-state index is 13.6. The minimum Gasteiger partial charge on any atom is -0.495 e. The van der Waals surface area contributed by atoms with Gasteiger partial charge in [0.1, 0.15) is 16.8 Å². The fourth-order valence-electron chi connectivity index (χ4n) is 3.45. The Labute approximate surface area is 183 Å². The highest BCUT2D eigenvalue weighted by Gasteiger charge is 2.21. The molecule has 0 spiro atoms. The van der Waals surface area contributed by atoms with Gasteiger partial charge < -0.3 is 15.0 Å². The van der Waals surface area contributed by atoms with Crippen LogP contribution < -0.4 is 15.6 Å². The van der Waals surface area contributed by atoms with Crippen LogP contribution in [0.15, 0.2) is 58.5 Å². The van der Waals surface area contributed by atoms with E-state index in [2.05, 4.69) is 10.3 Å². The smallest absolute Gasteiger partial charge is 0.283 e. The van der Waals surface area contributed by atoms with E-state index in [0.717, 1.165) is 10.9 Å². The highest BCUT2D eigenvalue weighted by atomic mass is 32.2. The zero-order valence-corrected chi connectivity index (χ0v) is 18.7. The third-order valence-electron chi connectivity index (χ3n) is 4.67. The lowest BCUT2D eigenvalue weighted by Crippen LogP contribution is -2.41. The predicted molar refractivity (Wildman–Crippen MR) is 124 cm³/mol. The molecule has 0 saturated heterocycles. The van der Waals surface area contributed by atoms with Crippen LogP contribution in [-0.4, -0.2) is 38.8 Å². The van der Waals surface area contributed by atoms with E-state index < -0.39 is 0 Å². The van der Waals surface area contributed by atoms with Gasteiger partial charge in [0.2, 0.25) is 5.91 Å². The van der Waals surface area contributed by atoms with Crippen LogP contribution in [0, 0.1) is 0 Å². The van der Waals surface area contributed by atoms with Gasteiger partial charge in [-0.15, -0.1) is 0 Å². The summed E-state index contributed by atoms with van der Waals surface area (Å²) in [5, 5.41) is 4.23. The third kappa shape index (κ3) is 4.16. The quantitative estimate of drug-likeness (QED) is 0.366. The summed E-state index contributed by atoms with van der Waals surface area (Å²) in [5.41, 5.74) is 1.82. The molecule has 0 bridgehead atoms. The van der Waals surface area contributed by atoms with Crippen LogP contribution in [0.1, 0.15) is 20.8 Å². The number of benzene rings is 2. The number of H-pyrrole nitrogens is 1. The highest BCUT2D eigenvalue weighted by Crippen LogP contribution is 2.29. The summed E-state index contributed by atoms with van der Waals surface area (Å²) in [6.45, 7) is 5.78. The van der Waals surface area contributed by atoms with E-state index in [1.54, 1.807) is 19.2 Å². The lowest BCUT2D eigenvalue weighted by molar-refractivity contribution is -0.119. The third-order valence-corrected chi connectivity index (χ3v) is 5.61. The second-order valence-electron chi connectivity index (χ2n) is 8.19. The fraction of sp³-hybridized carbons (Fsp3) is 0.261. The van der Waals surface area contributed by atoms with E-state index in [1.807, 2.05) is 57.2 Å². The van der Waals surface area contributed by atoms with Crippen molar-refractivity contribution in [2.75, 3.05) is 12.9 Å². The predicted octanol–water partition coefficient (Wildman–Crippen LogP) is 3.88. The summed E-state index contributed by atoms with van der Waals surface area (Å²) in [4.78, 5) is 34.0. The number of aromatic nitrogens is 3. The van der Waals surface area contributed by atoms with E-state index in [4.69, 9.17) is 9.72 Å². The number of hydrogen-bond donors (Lipinski definition) is 2. The van der Waals surface area contributed by atoms with Crippen molar-refractivity contribution in [2.45, 2.75) is 31.5 Å². The number of aromatic amines is 1. The highest BCUT2D eigenvalue weighted by molar-refractivity contribution is 7.99. The van der Waals surface area contributed by atoms with Crippen LogP contribution in [0.2, 0.25) is 0 Å². The molecule has 0 saturated carbocycles. The molecule has 31 heavy (non-hydrogen) atoms. The monoisotopic (exact) mass is 436 g/mol. The first kappa shape index (κ1) is 21.0. The number of fused-ring (bicyclic) bond motifs is 3. The Morgan fingerprint density at radius 3 is 2.61 bits per heavy atom. The number of para-hydroxylation sites is 3. The molecule has 7 nitrogen and oxygen atoms in total. The number of methoxy groups -OCH3 is 1. The zero-order chi connectivity index (χ0) is 22.2. The van der Waals surface area contributed by atoms with Crippen molar-refractivity contribution in [3.63, 3.8) is 0 Å². The Kier molecular flexibility index (Phi) is 5.49. The molecular weight excluding hydrogens is 412 g/mol. The molecule has 4 aromatic rings. The first-order chi connectivity index (χ1) is 14.8. The summed E-state index contributed by atoms with van der Waals surface area (Å²) in [6, 6.07) is 14.9. The number of amides is 1. The summed E-state index contributed by atoms with van der Waals surface area (Å²) in [7, 11) is 1.56. The molecule has 0 fully saturated rings. The van der Waals surface area contributed by atoms with Crippen molar-refractivity contribution < 1.29 is 9.53 Å². The standard InChI is InChI=1S/C23H24N4O3S/c1-23(2,3)26-18(28)13-31-22-25-19-14-9-5-6-10-15(14)24-20(19)21(29)27(22)16-11-7-8-12-17(16)30-4/h5-12,24H,13H2,1-4H3,(H,26,28). The molecule has 2 aromatic heterocycles. The average Bonchev–Trinajstić information content (AvgIpc) is 3.10. The van der Waals surface area contributed by atoms with E-state index in [0.29, 0.717) is 27.6 Å². The first-order valence-corrected chi connectivity index (χ1v) is 10.9. The molecule has 160 valence electrons. The topological polar surface area (TPSA) is 89.0 Å². The summed E-state index contributed by atoms with van der Waals surface area (Å²) >= 11 is 1.22. The normalized spacial score (nSPS) is 11.7. The Bertz CT molecular complexity index is 1330. The molecule has 0 atom stereocenters. The van der Waals surface area contributed by atoms with Crippen LogP contribution in [-0.2, 0) is 4.79 Å². The number of rotatable bonds is 5. The second-order valence-corrected chi connectivity index (χ2v) is 9.13. The average molecular weight is 437 g/mol. The van der Waals surface area contributed by atoms with Gasteiger partial charge in [0.05, 0.1) is 18.6 Å². The van der Waals surface area contributed by atoms with Gasteiger partial charge in [-0.25, -0.2) is 9.55 Å². The SMILES string of the molecule is COc1ccccc1-n1c(SCC(=O)NC(C)(C)C)nc2c([nH]c3ccccc32)c1=O. The van der Waals surface area contributed by atoms with Crippen LogP contribution in [0.25, 0.3) is 27.6 Å². The zero-order valence-electron chi connectivity index (χ0n) is 17.9. The van der Waals surface area contributed by atoms with E-state index >= 15 is 0 Å². The van der Waals surface area contributed by atoms with Crippen molar-refractivity contribution in [2.24, 2.45) is 0 Å². The molecule has 2 N–H and O–H groups in total. The second kappa shape index (κ2) is 8.11. The molecular formula is C23H24N4O3S. The fourth-order valence-corrected chi connectivity index (χ4v) is 4.25. The van der Waals surface area contributed by atoms with Crippen molar-refractivity contribution >= 4 is 39.6 Å². The van der Waals surface area contributed by atoms with Gasteiger partial charge in [-0.1, -0.05) is 42.1 Å². The van der Waals surface area contributed by atoms with Crippen LogP contribution in [0.5, 0.6) is 5.75 Å². The number of thioether (sulfide) groups is 1. The van der Waals surface area contributed by atoms with Crippen LogP contribution >= 0.6 is 11.8 Å². The van der Waals surface area contributed by atoms with Gasteiger partial charge in [-0.3, -0.25) is 9.59 Å². The molecule has 0 aliphatic heterocycles. The lowest BCUT2D eigenvalue weighted by Gasteiger charge is -2.20. The number of ether oxygens (including phenoxy) is 1. The molecule has 0 aliphatic rings. The van der Waals surface area contributed by atoms with Crippen molar-refractivity contribution in [3.8, 4) is 11.4 Å². The molecule has 2 aromatic carbocycles. The van der Waals surface area contributed by atoms with E-state index in [-0.39, 0.29) is 22.8 Å². The van der Waals surface area contributed by atoms with Gasteiger partial charge in [-0.2, -0.15) is 0 Å². The van der Waals surface area contributed by atoms with Gasteiger partial charge in [0.25, 0.3) is 5.56 Å². The maximum absolute atomic E-state index is 13.6. The number of nitrogens with one attached hydrogen (secondary N) is 2. The molecule has 0 radical (unpaired) electrons. The maximum Gasteiger partial charge on any atom is 0.283 e. The molecule has 8 heteroatoms. The lowest BCUT2D eigenvalue weighted by atomic mass is 10.1. The first-order valence-electron chi connectivity index (χ1n) is 9.89. The summed E-state index contributed by atoms with van der Waals surface area (Å²) in [6.07, 6.45) is 0. The number of carbonyl (C=O) groups is 1. The molecule has 0 aliphatic carbocycles. The Hall–Kier alpha value is -3.26. The van der Waals surface area contributed by atoms with E-state index in [1.165, 1.54) is 16.3 Å². The molecule has 4 rings (SSSR count). The summed E-state index contributed by atoms with van der Waals surface area (Å²) < 4.78 is 6.99. The van der Waals surface area contributed by atoms with Gasteiger partial charge >= 0.3 is 0 Å². The number of hydrogen-bond acceptors (Lipinski definition) is 5. The van der Waals surface area contributed by atoms with Gasteiger partial charge in [0.15, 0.2) is 5.16 Å². The summed E-state index contributed by atoms with van der Waals surface area (Å²) in [5.74, 6) is 0.549.